The molecule has 0 fully saturated rings. The quantitative estimate of drug-likeness (QED) is 0.593. The molecule has 2 nitrogen and oxygen atoms in total. The molecule has 3 rings (SSSR count). The Hall–Kier alpha value is -0.940. The van der Waals surface area contributed by atoms with Gasteiger partial charge < -0.3 is 10.2 Å². The molecule has 0 spiro atoms. The van der Waals surface area contributed by atoms with Crippen LogP contribution in [0.3, 0.4) is 0 Å². The summed E-state index contributed by atoms with van der Waals surface area (Å²) in [5.41, 5.74) is 7.05. The Morgan fingerprint density at radius 1 is 1.19 bits per heavy atom. The monoisotopic (exact) mass is 381 g/mol. The van der Waals surface area contributed by atoms with Gasteiger partial charge in [-0.25, -0.2) is 0 Å². The lowest BCUT2D eigenvalue weighted by Crippen LogP contribution is -2.11. The molecule has 0 aliphatic rings. The fraction of sp³-hybridized carbons (Fsp3) is 0.125. The molecule has 0 bridgehead atoms. The van der Waals surface area contributed by atoms with Crippen LogP contribution >= 0.6 is 39.3 Å². The van der Waals surface area contributed by atoms with Crippen LogP contribution in [0.1, 0.15) is 11.8 Å². The highest BCUT2D eigenvalue weighted by Gasteiger charge is 2.13. The van der Waals surface area contributed by atoms with E-state index in [1.54, 1.807) is 11.8 Å². The Labute approximate surface area is 140 Å². The number of fused-ring (bicyclic) bond motifs is 1. The molecular weight excluding hydrogens is 370 g/mol. The second kappa shape index (κ2) is 6.44. The molecule has 1 aromatic heterocycles. The number of rotatable bonds is 4. The lowest BCUT2D eigenvalue weighted by molar-refractivity contribution is 0.516. The van der Waals surface area contributed by atoms with Gasteiger partial charge in [-0.2, -0.15) is 0 Å². The summed E-state index contributed by atoms with van der Waals surface area (Å²) in [6.07, 6.45) is 0. The second-order valence-corrected chi connectivity index (χ2v) is 7.03. The first-order chi connectivity index (χ1) is 10.1. The minimum Gasteiger partial charge on any atom is -0.459 e. The van der Waals surface area contributed by atoms with Crippen molar-refractivity contribution in [2.45, 2.75) is 10.9 Å². The summed E-state index contributed by atoms with van der Waals surface area (Å²) in [6, 6.07) is 15.5. The minimum atomic E-state index is -0.159. The van der Waals surface area contributed by atoms with E-state index in [4.69, 9.17) is 21.8 Å². The molecule has 1 heterocycles. The third-order valence-corrected chi connectivity index (χ3v) is 5.50. The fourth-order valence-corrected chi connectivity index (χ4v) is 3.75. The molecule has 0 saturated carbocycles. The topological polar surface area (TPSA) is 39.2 Å². The zero-order valence-electron chi connectivity index (χ0n) is 11.1. The van der Waals surface area contributed by atoms with E-state index in [1.807, 2.05) is 42.5 Å². The van der Waals surface area contributed by atoms with Crippen LogP contribution in [0.15, 0.2) is 62.3 Å². The van der Waals surface area contributed by atoms with Crippen LogP contribution in [-0.2, 0) is 0 Å². The van der Waals surface area contributed by atoms with Crippen LogP contribution in [0, 0.1) is 0 Å². The van der Waals surface area contributed by atoms with Gasteiger partial charge in [-0.1, -0.05) is 23.7 Å². The zero-order chi connectivity index (χ0) is 14.8. The van der Waals surface area contributed by atoms with Crippen LogP contribution in [0.4, 0.5) is 0 Å². The van der Waals surface area contributed by atoms with E-state index >= 15 is 0 Å². The van der Waals surface area contributed by atoms with E-state index in [-0.39, 0.29) is 6.04 Å². The van der Waals surface area contributed by atoms with Crippen molar-refractivity contribution in [3.63, 3.8) is 0 Å². The molecule has 0 aliphatic carbocycles. The zero-order valence-corrected chi connectivity index (χ0v) is 14.2. The van der Waals surface area contributed by atoms with E-state index < -0.39 is 0 Å². The van der Waals surface area contributed by atoms with Crippen molar-refractivity contribution < 1.29 is 4.42 Å². The maximum Gasteiger partial charge on any atom is 0.134 e. The van der Waals surface area contributed by atoms with E-state index in [0.29, 0.717) is 5.02 Å². The molecular formula is C16H13BrClNOS. The van der Waals surface area contributed by atoms with Crippen molar-refractivity contribution in [3.05, 3.63) is 63.8 Å². The van der Waals surface area contributed by atoms with E-state index in [0.717, 1.165) is 27.0 Å². The first kappa shape index (κ1) is 15.0. The third kappa shape index (κ3) is 3.46. The molecule has 1 atom stereocenters. The summed E-state index contributed by atoms with van der Waals surface area (Å²) in [5, 5.41) is 1.69. The lowest BCUT2D eigenvalue weighted by Gasteiger charge is -2.09. The number of furan rings is 1. The summed E-state index contributed by atoms with van der Waals surface area (Å²) in [6.45, 7) is 0. The van der Waals surface area contributed by atoms with Gasteiger partial charge in [0.15, 0.2) is 0 Å². The standard InChI is InChI=1S/C16H13BrClNOS/c17-12-3-1-2-4-16(12)21-9-13(19)15-8-10-7-11(18)5-6-14(10)20-15/h1-8,13H,9,19H2. The Balaban J connectivity index is 1.75. The third-order valence-electron chi connectivity index (χ3n) is 3.12. The van der Waals surface area contributed by atoms with E-state index in [9.17, 15) is 0 Å². The van der Waals surface area contributed by atoms with Crippen molar-refractivity contribution >= 4 is 50.3 Å². The van der Waals surface area contributed by atoms with Crippen molar-refractivity contribution in [1.29, 1.82) is 0 Å². The highest BCUT2D eigenvalue weighted by Crippen LogP contribution is 2.31. The largest absolute Gasteiger partial charge is 0.459 e. The summed E-state index contributed by atoms with van der Waals surface area (Å²) < 4.78 is 6.88. The van der Waals surface area contributed by atoms with Crippen LogP contribution in [-0.4, -0.2) is 5.75 Å². The average molecular weight is 383 g/mol. The van der Waals surface area contributed by atoms with Gasteiger partial charge in [0.2, 0.25) is 0 Å². The van der Waals surface area contributed by atoms with E-state index in [1.165, 1.54) is 4.90 Å². The van der Waals surface area contributed by atoms with Crippen LogP contribution in [0.25, 0.3) is 11.0 Å². The predicted octanol–water partition coefficient (Wildman–Crippen LogP) is 5.64. The van der Waals surface area contributed by atoms with Crippen LogP contribution < -0.4 is 5.73 Å². The summed E-state index contributed by atoms with van der Waals surface area (Å²) in [5.74, 6) is 1.53. The average Bonchev–Trinajstić information content (AvgIpc) is 2.89. The molecule has 5 heteroatoms. The van der Waals surface area contributed by atoms with Crippen molar-refractivity contribution in [2.75, 3.05) is 5.75 Å². The SMILES string of the molecule is NC(CSc1ccccc1Br)c1cc2cc(Cl)ccc2o1. The molecule has 108 valence electrons. The van der Waals surface area contributed by atoms with Crippen molar-refractivity contribution in [3.8, 4) is 0 Å². The molecule has 2 aromatic carbocycles. The number of benzene rings is 2. The van der Waals surface area contributed by atoms with Gasteiger partial charge in [-0.3, -0.25) is 0 Å². The number of nitrogens with two attached hydrogens (primary N) is 1. The first-order valence-electron chi connectivity index (χ1n) is 6.45. The van der Waals surface area contributed by atoms with E-state index in [2.05, 4.69) is 22.0 Å². The van der Waals surface area contributed by atoms with Gasteiger partial charge in [-0.05, 0) is 52.3 Å². The number of hydrogen-bond donors (Lipinski definition) is 1. The molecule has 0 amide bonds. The summed E-state index contributed by atoms with van der Waals surface area (Å²) in [7, 11) is 0. The first-order valence-corrected chi connectivity index (χ1v) is 8.61. The number of thioether (sulfide) groups is 1. The molecule has 3 aromatic rings. The number of halogens is 2. The predicted molar refractivity (Wildman–Crippen MR) is 93.0 cm³/mol. The van der Waals surface area contributed by atoms with Crippen molar-refractivity contribution in [1.82, 2.24) is 0 Å². The Morgan fingerprint density at radius 3 is 2.81 bits per heavy atom. The highest BCUT2D eigenvalue weighted by atomic mass is 79.9. The highest BCUT2D eigenvalue weighted by molar-refractivity contribution is 9.10. The summed E-state index contributed by atoms with van der Waals surface area (Å²) >= 11 is 11.2. The minimum absolute atomic E-state index is 0.159. The van der Waals surface area contributed by atoms with Gasteiger partial charge in [0.25, 0.3) is 0 Å². The maximum absolute atomic E-state index is 6.23. The fourth-order valence-electron chi connectivity index (χ4n) is 2.04. The van der Waals surface area contributed by atoms with Gasteiger partial charge in [-0.15, -0.1) is 11.8 Å². The maximum atomic E-state index is 6.23. The molecule has 2 N–H and O–H groups in total. The Kier molecular flexibility index (Phi) is 4.60. The molecule has 0 aliphatic heterocycles. The normalized spacial score (nSPS) is 12.7. The summed E-state index contributed by atoms with van der Waals surface area (Å²) in [4.78, 5) is 1.17. The van der Waals surface area contributed by atoms with Crippen molar-refractivity contribution in [2.24, 2.45) is 5.73 Å². The second-order valence-electron chi connectivity index (χ2n) is 4.68. The Bertz CT molecular complexity index is 774. The molecule has 0 saturated heterocycles. The number of hydrogen-bond acceptors (Lipinski definition) is 3. The molecule has 1 unspecified atom stereocenters. The smallest absolute Gasteiger partial charge is 0.134 e. The van der Waals surface area contributed by atoms with Gasteiger partial charge in [0.05, 0.1) is 6.04 Å². The molecule has 0 radical (unpaired) electrons. The van der Waals surface area contributed by atoms with Crippen LogP contribution in [0.5, 0.6) is 0 Å². The Morgan fingerprint density at radius 2 is 2.00 bits per heavy atom. The van der Waals surface area contributed by atoms with Gasteiger partial charge in [0, 0.05) is 25.5 Å². The van der Waals surface area contributed by atoms with Gasteiger partial charge >= 0.3 is 0 Å². The van der Waals surface area contributed by atoms with Gasteiger partial charge in [0.1, 0.15) is 11.3 Å². The van der Waals surface area contributed by atoms with Crippen LogP contribution in [0.2, 0.25) is 5.02 Å². The molecule has 21 heavy (non-hydrogen) atoms. The lowest BCUT2D eigenvalue weighted by atomic mass is 10.2.